The van der Waals surface area contributed by atoms with Crippen LogP contribution in [0.2, 0.25) is 0 Å². The van der Waals surface area contributed by atoms with Gasteiger partial charge in [0.25, 0.3) is 17.6 Å². The van der Waals surface area contributed by atoms with E-state index in [1.807, 2.05) is 0 Å². The van der Waals surface area contributed by atoms with Crippen molar-refractivity contribution >= 4 is 23.3 Å². The molecule has 0 aliphatic heterocycles. The fourth-order valence-corrected chi connectivity index (χ4v) is 3.59. The third kappa shape index (κ3) is 4.21. The van der Waals surface area contributed by atoms with Crippen LogP contribution in [0.25, 0.3) is 0 Å². The van der Waals surface area contributed by atoms with Crippen molar-refractivity contribution in [1.29, 1.82) is 0 Å². The highest BCUT2D eigenvalue weighted by Gasteiger charge is 2.54. The van der Waals surface area contributed by atoms with Crippen LogP contribution in [0.1, 0.15) is 44.1 Å². The predicted molar refractivity (Wildman–Crippen MR) is 109 cm³/mol. The molecule has 2 amide bonds. The van der Waals surface area contributed by atoms with Gasteiger partial charge in [-0.1, -0.05) is 5.92 Å². The van der Waals surface area contributed by atoms with Gasteiger partial charge < -0.3 is 20.3 Å². The lowest BCUT2D eigenvalue weighted by molar-refractivity contribution is -0.139. The van der Waals surface area contributed by atoms with E-state index in [4.69, 9.17) is 6.42 Å². The number of halogens is 4. The number of rotatable bonds is 5. The molecule has 174 valence electrons. The quantitative estimate of drug-likeness (QED) is 0.273. The molecule has 1 aromatic heterocycles. The number of hydrogen-bond donors (Lipinski definition) is 3. The molecule has 1 fully saturated rings. The second kappa shape index (κ2) is 8.04. The van der Waals surface area contributed by atoms with E-state index in [0.717, 1.165) is 6.07 Å². The molecule has 1 heterocycles. The minimum atomic E-state index is -4.96. The maximum Gasteiger partial charge on any atom is 0.419 e. The topological polar surface area (TPSA) is 100 Å². The number of aliphatic hydroxyl groups is 1. The van der Waals surface area contributed by atoms with E-state index >= 15 is 0 Å². The van der Waals surface area contributed by atoms with Gasteiger partial charge in [-0.2, -0.15) is 13.2 Å². The molecule has 0 bridgehead atoms. The summed E-state index contributed by atoms with van der Waals surface area (Å²) in [4.78, 5) is 38.0. The van der Waals surface area contributed by atoms with Crippen LogP contribution >= 0.6 is 0 Å². The zero-order chi connectivity index (χ0) is 24.9. The molecule has 2 unspecified atom stereocenters. The van der Waals surface area contributed by atoms with E-state index in [1.165, 1.54) is 25.5 Å². The lowest BCUT2D eigenvalue weighted by Gasteiger charge is -2.12. The number of aliphatic hydroxyl groups excluding tert-OH is 1. The van der Waals surface area contributed by atoms with Gasteiger partial charge in [-0.25, -0.2) is 4.39 Å². The van der Waals surface area contributed by atoms with E-state index in [0.29, 0.717) is 12.1 Å². The number of ketones is 1. The predicted octanol–water partition coefficient (Wildman–Crippen LogP) is 2.49. The SMILES string of the molecule is C#CC1(NC(=O)C(=O)c2c(C)c(C(=O)Nc3ccc(F)c(C(F)(F)F)c3)n(C)c2C)CC1O. The van der Waals surface area contributed by atoms with Crippen molar-refractivity contribution in [2.45, 2.75) is 38.1 Å². The highest BCUT2D eigenvalue weighted by molar-refractivity contribution is 6.44. The molecular formula is C22H19F4N3O4. The summed E-state index contributed by atoms with van der Waals surface area (Å²) in [5.41, 5.74) is -2.98. The Morgan fingerprint density at radius 2 is 1.88 bits per heavy atom. The fraction of sp³-hybridized carbons (Fsp3) is 0.318. The van der Waals surface area contributed by atoms with E-state index in [-0.39, 0.29) is 34.6 Å². The number of aromatic nitrogens is 1. The summed E-state index contributed by atoms with van der Waals surface area (Å²) in [6.45, 7) is 2.88. The molecule has 7 nitrogen and oxygen atoms in total. The minimum Gasteiger partial charge on any atom is -0.389 e. The lowest BCUT2D eigenvalue weighted by atomic mass is 10.0. The van der Waals surface area contributed by atoms with Crippen molar-refractivity contribution in [3.8, 4) is 12.3 Å². The fourth-order valence-electron chi connectivity index (χ4n) is 3.59. The number of anilines is 1. The first-order valence-corrected chi connectivity index (χ1v) is 9.60. The molecule has 1 aromatic carbocycles. The van der Waals surface area contributed by atoms with Crippen LogP contribution in [0, 0.1) is 32.0 Å². The van der Waals surface area contributed by atoms with Gasteiger partial charge in [0.05, 0.1) is 17.2 Å². The largest absolute Gasteiger partial charge is 0.419 e. The maximum absolute atomic E-state index is 13.5. The Balaban J connectivity index is 1.89. The third-order valence-corrected chi connectivity index (χ3v) is 5.63. The first-order chi connectivity index (χ1) is 15.2. The second-order valence-electron chi connectivity index (χ2n) is 7.76. The van der Waals surface area contributed by atoms with E-state index in [9.17, 15) is 37.1 Å². The average molecular weight is 465 g/mol. The summed E-state index contributed by atoms with van der Waals surface area (Å²) in [5, 5.41) is 14.2. The Morgan fingerprint density at radius 3 is 2.39 bits per heavy atom. The number of nitrogens with zero attached hydrogens (tertiary/aromatic N) is 1. The Labute approximate surface area is 185 Å². The number of terminal acetylenes is 1. The average Bonchev–Trinajstić information content (AvgIpc) is 3.30. The second-order valence-corrected chi connectivity index (χ2v) is 7.76. The molecule has 2 atom stereocenters. The molecule has 1 aliphatic carbocycles. The van der Waals surface area contributed by atoms with Crippen LogP contribution in [-0.2, 0) is 18.0 Å². The summed E-state index contributed by atoms with van der Waals surface area (Å²) < 4.78 is 53.7. The van der Waals surface area contributed by atoms with Crippen LogP contribution in [0.5, 0.6) is 0 Å². The number of alkyl halides is 3. The summed E-state index contributed by atoms with van der Waals surface area (Å²) in [5.74, 6) is -2.18. The standard InChI is InChI=1S/C22H19F4N3O4/c1-5-21(9-15(21)30)28-20(33)18(31)16-10(2)17(29(4)11(16)3)19(32)27-12-6-7-14(23)13(8-12)22(24,25)26/h1,6-8,15,30H,9H2,2-4H3,(H,27,32)(H,28,33). The number of carbonyl (C=O) groups excluding carboxylic acids is 3. The molecule has 0 saturated heterocycles. The number of carbonyl (C=O) groups is 3. The van der Waals surface area contributed by atoms with Crippen LogP contribution < -0.4 is 10.6 Å². The van der Waals surface area contributed by atoms with Gasteiger partial charge in [-0.05, 0) is 37.6 Å². The van der Waals surface area contributed by atoms with Gasteiger partial charge in [0.15, 0.2) is 0 Å². The number of hydrogen-bond acceptors (Lipinski definition) is 4. The molecule has 11 heteroatoms. The van der Waals surface area contributed by atoms with Crippen LogP contribution in [-0.4, -0.2) is 38.9 Å². The Kier molecular flexibility index (Phi) is 5.85. The monoisotopic (exact) mass is 465 g/mol. The zero-order valence-corrected chi connectivity index (χ0v) is 17.7. The molecule has 1 aliphatic rings. The molecule has 1 saturated carbocycles. The summed E-state index contributed by atoms with van der Waals surface area (Å²) >= 11 is 0. The minimum absolute atomic E-state index is 0.0837. The summed E-state index contributed by atoms with van der Waals surface area (Å²) in [6, 6.07) is 2.00. The van der Waals surface area contributed by atoms with E-state index < -0.39 is 46.8 Å². The van der Waals surface area contributed by atoms with Crippen molar-refractivity contribution in [3.63, 3.8) is 0 Å². The lowest BCUT2D eigenvalue weighted by Crippen LogP contribution is -2.42. The van der Waals surface area contributed by atoms with Gasteiger partial charge in [-0.3, -0.25) is 14.4 Å². The molecular weight excluding hydrogens is 446 g/mol. The molecule has 3 rings (SSSR count). The molecule has 0 radical (unpaired) electrons. The summed E-state index contributed by atoms with van der Waals surface area (Å²) in [7, 11) is 1.44. The van der Waals surface area contributed by atoms with Gasteiger partial charge in [0, 0.05) is 24.8 Å². The summed E-state index contributed by atoms with van der Waals surface area (Å²) in [6.07, 6.45) is -0.529. The van der Waals surface area contributed by atoms with Gasteiger partial charge in [0.2, 0.25) is 0 Å². The van der Waals surface area contributed by atoms with Gasteiger partial charge >= 0.3 is 6.18 Å². The molecule has 0 spiro atoms. The first-order valence-electron chi connectivity index (χ1n) is 9.60. The molecule has 2 aromatic rings. The van der Waals surface area contributed by atoms with Gasteiger partial charge in [0.1, 0.15) is 17.1 Å². The number of Topliss-reactive ketones (excluding diaryl/α,β-unsaturated/α-hetero) is 1. The maximum atomic E-state index is 13.5. The van der Waals surface area contributed by atoms with Crippen molar-refractivity contribution in [2.24, 2.45) is 7.05 Å². The number of nitrogens with one attached hydrogen (secondary N) is 2. The molecule has 3 N–H and O–H groups in total. The van der Waals surface area contributed by atoms with Crippen LogP contribution in [0.3, 0.4) is 0 Å². The highest BCUT2D eigenvalue weighted by Crippen LogP contribution is 2.35. The normalized spacial score (nSPS) is 19.5. The Bertz CT molecular complexity index is 1230. The zero-order valence-electron chi connectivity index (χ0n) is 17.7. The van der Waals surface area contributed by atoms with Gasteiger partial charge in [-0.15, -0.1) is 6.42 Å². The van der Waals surface area contributed by atoms with Crippen molar-refractivity contribution < 1.29 is 37.1 Å². The molecule has 33 heavy (non-hydrogen) atoms. The number of benzene rings is 1. The first kappa shape index (κ1) is 24.0. The Hall–Kier alpha value is -3.65. The van der Waals surface area contributed by atoms with E-state index in [1.54, 1.807) is 0 Å². The Morgan fingerprint density at radius 1 is 1.27 bits per heavy atom. The van der Waals surface area contributed by atoms with Crippen molar-refractivity contribution in [3.05, 3.63) is 52.1 Å². The van der Waals surface area contributed by atoms with Crippen LogP contribution in [0.4, 0.5) is 23.2 Å². The third-order valence-electron chi connectivity index (χ3n) is 5.63. The highest BCUT2D eigenvalue weighted by atomic mass is 19.4. The van der Waals surface area contributed by atoms with E-state index in [2.05, 4.69) is 16.6 Å². The van der Waals surface area contributed by atoms with Crippen molar-refractivity contribution in [2.75, 3.05) is 5.32 Å². The van der Waals surface area contributed by atoms with Crippen molar-refractivity contribution in [1.82, 2.24) is 9.88 Å². The van der Waals surface area contributed by atoms with Crippen LogP contribution in [0.15, 0.2) is 18.2 Å². The number of amides is 2. The smallest absolute Gasteiger partial charge is 0.389 e.